The van der Waals surface area contributed by atoms with Crippen molar-refractivity contribution in [3.8, 4) is 5.88 Å². The van der Waals surface area contributed by atoms with Crippen LogP contribution in [0.3, 0.4) is 0 Å². The molecule has 2 amide bonds. The van der Waals surface area contributed by atoms with Gasteiger partial charge in [0.05, 0.1) is 38.4 Å². The first-order valence-electron chi connectivity index (χ1n) is 10.9. The summed E-state index contributed by atoms with van der Waals surface area (Å²) >= 11 is 0. The molecular formula is C21H31N5O5. The van der Waals surface area contributed by atoms with Crippen molar-refractivity contribution in [1.29, 1.82) is 0 Å². The number of likely N-dealkylation sites (tertiary alicyclic amines) is 1. The molecule has 0 bridgehead atoms. The molecule has 1 aromatic rings. The third-order valence-electron chi connectivity index (χ3n) is 6.57. The zero-order valence-corrected chi connectivity index (χ0v) is 17.9. The van der Waals surface area contributed by atoms with E-state index in [0.29, 0.717) is 18.3 Å². The van der Waals surface area contributed by atoms with Gasteiger partial charge in [0.1, 0.15) is 6.10 Å². The summed E-state index contributed by atoms with van der Waals surface area (Å²) in [5, 5.41) is 12.6. The van der Waals surface area contributed by atoms with Crippen LogP contribution in [0, 0.1) is 5.92 Å². The molecule has 0 spiro atoms. The van der Waals surface area contributed by atoms with Gasteiger partial charge >= 0.3 is 6.09 Å². The number of amides is 2. The molecule has 0 aromatic carbocycles. The van der Waals surface area contributed by atoms with Gasteiger partial charge in [0.25, 0.3) is 0 Å². The number of ether oxygens (including phenoxy) is 2. The van der Waals surface area contributed by atoms with E-state index in [4.69, 9.17) is 9.47 Å². The van der Waals surface area contributed by atoms with Gasteiger partial charge in [-0.15, -0.1) is 0 Å². The van der Waals surface area contributed by atoms with Gasteiger partial charge in [-0.05, 0) is 50.2 Å². The van der Waals surface area contributed by atoms with Crippen LogP contribution < -0.4 is 20.9 Å². The Bertz CT molecular complexity index is 808. The van der Waals surface area contributed by atoms with Gasteiger partial charge < -0.3 is 24.8 Å². The molecule has 1 aliphatic carbocycles. The van der Waals surface area contributed by atoms with E-state index >= 15 is 0 Å². The van der Waals surface area contributed by atoms with E-state index in [0.717, 1.165) is 31.2 Å². The highest BCUT2D eigenvalue weighted by atomic mass is 16.6. The Kier molecular flexibility index (Phi) is 6.59. The van der Waals surface area contributed by atoms with Gasteiger partial charge in [-0.1, -0.05) is 0 Å². The highest BCUT2D eigenvalue weighted by Crippen LogP contribution is 2.33. The Balaban J connectivity index is 1.19. The lowest BCUT2D eigenvalue weighted by molar-refractivity contribution is -0.121. The summed E-state index contributed by atoms with van der Waals surface area (Å²) in [4.78, 5) is 30.2. The molecule has 1 aromatic heterocycles. The van der Waals surface area contributed by atoms with Crippen molar-refractivity contribution in [1.82, 2.24) is 26.1 Å². The van der Waals surface area contributed by atoms with E-state index in [1.807, 2.05) is 6.92 Å². The highest BCUT2D eigenvalue weighted by Gasteiger charge is 2.41. The van der Waals surface area contributed by atoms with Gasteiger partial charge in [0.15, 0.2) is 0 Å². The zero-order chi connectivity index (χ0) is 22.0. The van der Waals surface area contributed by atoms with Crippen LogP contribution in [0.1, 0.15) is 38.2 Å². The van der Waals surface area contributed by atoms with E-state index in [-0.39, 0.29) is 42.8 Å². The molecule has 170 valence electrons. The standard InChI is InChI=1S/C21H31N5O5/c1-12-17(27)11-26(12)21(29)31-15-4-3-14(9-15)16-10-18(25-24-16)23-19(28)7-13-5-6-22-20(8-13)30-2/h5-6,8,12,14-18,24-25,27H,3-4,7,9-11H2,1-2H3,(H,23,28)/t12-,14+,15-,16?,17+,18?/m1/s1. The predicted octanol–water partition coefficient (Wildman–Crippen LogP) is 0.312. The maximum Gasteiger partial charge on any atom is 0.410 e. The first kappa shape index (κ1) is 21.8. The molecule has 3 fully saturated rings. The molecule has 31 heavy (non-hydrogen) atoms. The molecule has 10 nitrogen and oxygen atoms in total. The number of nitrogens with one attached hydrogen (secondary N) is 3. The summed E-state index contributed by atoms with van der Waals surface area (Å²) in [5.74, 6) is 0.788. The summed E-state index contributed by atoms with van der Waals surface area (Å²) < 4.78 is 10.7. The van der Waals surface area contributed by atoms with Crippen molar-refractivity contribution in [2.24, 2.45) is 5.92 Å². The van der Waals surface area contributed by atoms with Crippen molar-refractivity contribution in [3.63, 3.8) is 0 Å². The molecule has 4 rings (SSSR count). The van der Waals surface area contributed by atoms with Crippen LogP contribution in [0.2, 0.25) is 0 Å². The number of aliphatic hydroxyl groups excluding tert-OH is 1. The largest absolute Gasteiger partial charge is 0.481 e. The maximum atomic E-state index is 12.4. The monoisotopic (exact) mass is 433 g/mol. The lowest BCUT2D eigenvalue weighted by Crippen LogP contribution is -2.61. The van der Waals surface area contributed by atoms with Crippen LogP contribution in [-0.2, 0) is 16.0 Å². The molecule has 4 N–H and O–H groups in total. The minimum Gasteiger partial charge on any atom is -0.481 e. The number of aliphatic hydroxyl groups is 1. The topological polar surface area (TPSA) is 125 Å². The van der Waals surface area contributed by atoms with Crippen LogP contribution in [0.4, 0.5) is 4.79 Å². The summed E-state index contributed by atoms with van der Waals surface area (Å²) in [6, 6.07) is 3.58. The SMILES string of the molecule is COc1cc(CC(=O)NC2CC([C@H]3CC[C@@H](OC(=O)N4C[C@H](O)[C@H]4C)C3)NN2)ccn1. The minimum absolute atomic E-state index is 0.0720. The first-order valence-corrected chi connectivity index (χ1v) is 10.9. The average molecular weight is 434 g/mol. The Labute approximate surface area is 181 Å². The third kappa shape index (κ3) is 5.08. The highest BCUT2D eigenvalue weighted by molar-refractivity contribution is 5.78. The fourth-order valence-electron chi connectivity index (χ4n) is 4.57. The number of hydrogen-bond acceptors (Lipinski definition) is 8. The number of hydrazine groups is 1. The molecule has 2 saturated heterocycles. The van der Waals surface area contributed by atoms with E-state index in [1.165, 1.54) is 0 Å². The van der Waals surface area contributed by atoms with Crippen LogP contribution in [0.5, 0.6) is 5.88 Å². The molecule has 6 atom stereocenters. The van der Waals surface area contributed by atoms with Gasteiger partial charge in [0, 0.05) is 18.3 Å². The second-order valence-electron chi connectivity index (χ2n) is 8.67. The van der Waals surface area contributed by atoms with Crippen LogP contribution in [0.15, 0.2) is 18.3 Å². The molecular weight excluding hydrogens is 402 g/mol. The molecule has 2 aliphatic heterocycles. The summed E-state index contributed by atoms with van der Waals surface area (Å²) in [6.45, 7) is 2.17. The Morgan fingerprint density at radius 1 is 1.32 bits per heavy atom. The normalized spacial score (nSPS) is 32.4. The minimum atomic E-state index is -0.453. The molecule has 3 heterocycles. The predicted molar refractivity (Wildman–Crippen MR) is 111 cm³/mol. The zero-order valence-electron chi connectivity index (χ0n) is 17.9. The number of aromatic nitrogens is 1. The summed E-state index contributed by atoms with van der Waals surface area (Å²) in [5.41, 5.74) is 7.30. The Morgan fingerprint density at radius 3 is 2.90 bits per heavy atom. The smallest absolute Gasteiger partial charge is 0.410 e. The van der Waals surface area contributed by atoms with Crippen LogP contribution in [0.25, 0.3) is 0 Å². The second-order valence-corrected chi connectivity index (χ2v) is 8.67. The quantitative estimate of drug-likeness (QED) is 0.505. The second kappa shape index (κ2) is 9.37. The van der Waals surface area contributed by atoms with E-state index < -0.39 is 6.10 Å². The molecule has 10 heteroatoms. The first-order chi connectivity index (χ1) is 14.9. The van der Waals surface area contributed by atoms with E-state index in [1.54, 1.807) is 30.3 Å². The fraction of sp³-hybridized carbons (Fsp3) is 0.667. The maximum absolute atomic E-state index is 12.4. The van der Waals surface area contributed by atoms with Gasteiger partial charge in [-0.3, -0.25) is 10.2 Å². The number of rotatable bonds is 6. The molecule has 2 unspecified atom stereocenters. The molecule has 3 aliphatic rings. The lowest BCUT2D eigenvalue weighted by Gasteiger charge is -2.42. The number of carbonyl (C=O) groups excluding carboxylic acids is 2. The number of carbonyl (C=O) groups is 2. The number of hydrogen-bond donors (Lipinski definition) is 4. The number of methoxy groups -OCH3 is 1. The summed E-state index contributed by atoms with van der Waals surface area (Å²) in [7, 11) is 1.55. The van der Waals surface area contributed by atoms with Crippen molar-refractivity contribution in [2.75, 3.05) is 13.7 Å². The van der Waals surface area contributed by atoms with Crippen molar-refractivity contribution >= 4 is 12.0 Å². The third-order valence-corrected chi connectivity index (χ3v) is 6.57. The van der Waals surface area contributed by atoms with Gasteiger partial charge in [-0.2, -0.15) is 0 Å². The van der Waals surface area contributed by atoms with Crippen LogP contribution in [-0.4, -0.2) is 71.1 Å². The van der Waals surface area contributed by atoms with E-state index in [2.05, 4.69) is 21.2 Å². The van der Waals surface area contributed by atoms with Crippen LogP contribution >= 0.6 is 0 Å². The fourth-order valence-corrected chi connectivity index (χ4v) is 4.57. The molecule has 1 saturated carbocycles. The number of β-amino-alcohol motifs (C(OH)–C–C–N with tert-alkyl or cyclic N) is 1. The number of nitrogens with zero attached hydrogens (tertiary/aromatic N) is 2. The number of pyridine rings is 1. The average Bonchev–Trinajstić information content (AvgIpc) is 3.41. The molecule has 0 radical (unpaired) electrons. The summed E-state index contributed by atoms with van der Waals surface area (Å²) in [6.07, 6.45) is 4.22. The van der Waals surface area contributed by atoms with E-state index in [9.17, 15) is 14.7 Å². The Hall–Kier alpha value is -2.43. The van der Waals surface area contributed by atoms with Gasteiger partial charge in [-0.25, -0.2) is 15.2 Å². The van der Waals surface area contributed by atoms with Crippen molar-refractivity contribution in [3.05, 3.63) is 23.9 Å². The Morgan fingerprint density at radius 2 is 2.16 bits per heavy atom. The van der Waals surface area contributed by atoms with Crippen molar-refractivity contribution < 1.29 is 24.2 Å². The van der Waals surface area contributed by atoms with Crippen molar-refractivity contribution in [2.45, 2.75) is 69.5 Å². The van der Waals surface area contributed by atoms with Gasteiger partial charge in [0.2, 0.25) is 11.8 Å². The lowest BCUT2D eigenvalue weighted by atomic mass is 9.96.